The highest BCUT2D eigenvalue weighted by molar-refractivity contribution is 5.15. The second-order valence-corrected chi connectivity index (χ2v) is 1.70. The van der Waals surface area contributed by atoms with Crippen molar-refractivity contribution in [1.82, 2.24) is 4.57 Å². The fraction of sp³-hybridized carbons (Fsp3) is 0.167. The number of aryl methyl sites for hydroxylation is 1. The molecule has 0 amide bonds. The Bertz CT molecular complexity index is 269. The Balaban J connectivity index is 3.32. The molecule has 0 atom stereocenters. The fourth-order valence-corrected chi connectivity index (χ4v) is 0.593. The lowest BCUT2D eigenvalue weighted by atomic mass is 10.6. The molecule has 1 heterocycles. The minimum absolute atomic E-state index is 0.387. The lowest BCUT2D eigenvalue weighted by molar-refractivity contribution is 0.481. The molecule has 1 aromatic rings. The summed E-state index contributed by atoms with van der Waals surface area (Å²) in [5.74, 6) is 0.211. The summed E-state index contributed by atoms with van der Waals surface area (Å²) in [4.78, 5) is 10.6. The van der Waals surface area contributed by atoms with Gasteiger partial charge in [0.2, 0.25) is 0 Å². The molecule has 0 aromatic carbocycles. The van der Waals surface area contributed by atoms with Crippen LogP contribution in [0.4, 0.5) is 0 Å². The van der Waals surface area contributed by atoms with Gasteiger partial charge in [-0.15, -0.1) is 0 Å². The Morgan fingerprint density at radius 2 is 2.56 bits per heavy atom. The highest BCUT2D eigenvalue weighted by atomic mass is 16.4. The summed E-state index contributed by atoms with van der Waals surface area (Å²) >= 11 is 0. The van der Waals surface area contributed by atoms with E-state index in [4.69, 9.17) is 0 Å². The van der Waals surface area contributed by atoms with E-state index in [1.54, 1.807) is 13.1 Å². The summed E-state index contributed by atoms with van der Waals surface area (Å²) in [6.45, 7) is 5.12. The Morgan fingerprint density at radius 1 is 1.89 bits per heavy atom. The van der Waals surface area contributed by atoms with Gasteiger partial charge in [-0.2, -0.15) is 0 Å². The second-order valence-electron chi connectivity index (χ2n) is 1.70. The van der Waals surface area contributed by atoms with Crippen molar-refractivity contribution in [1.29, 1.82) is 0 Å². The van der Waals surface area contributed by atoms with E-state index < -0.39 is 0 Å². The van der Waals surface area contributed by atoms with Crippen molar-refractivity contribution in [3.05, 3.63) is 29.1 Å². The lowest BCUT2D eigenvalue weighted by Gasteiger charge is -1.78. The summed E-state index contributed by atoms with van der Waals surface area (Å²) in [6, 6.07) is 0. The van der Waals surface area contributed by atoms with Gasteiger partial charge in [-0.1, -0.05) is 6.58 Å². The van der Waals surface area contributed by atoms with Crippen molar-refractivity contribution in [2.75, 3.05) is 0 Å². The Labute approximate surface area is 52.2 Å². The first-order valence-electron chi connectivity index (χ1n) is 2.55. The van der Waals surface area contributed by atoms with Crippen molar-refractivity contribution in [3.8, 4) is 0 Å². The van der Waals surface area contributed by atoms with Gasteiger partial charge in [0.1, 0.15) is 5.76 Å². The van der Waals surface area contributed by atoms with E-state index in [9.17, 15) is 4.79 Å². The van der Waals surface area contributed by atoms with Crippen LogP contribution in [0.25, 0.3) is 6.20 Å². The first-order chi connectivity index (χ1) is 4.24. The number of hydrogen-bond acceptors (Lipinski definition) is 2. The fourth-order valence-electron chi connectivity index (χ4n) is 0.593. The van der Waals surface area contributed by atoms with Gasteiger partial charge in [0, 0.05) is 6.20 Å². The van der Waals surface area contributed by atoms with E-state index in [2.05, 4.69) is 11.0 Å². The van der Waals surface area contributed by atoms with Crippen LogP contribution in [0.2, 0.25) is 0 Å². The summed E-state index contributed by atoms with van der Waals surface area (Å²) < 4.78 is 5.93. The lowest BCUT2D eigenvalue weighted by Crippen LogP contribution is -2.05. The average Bonchev–Trinajstić information content (AvgIpc) is 2.10. The molecule has 3 nitrogen and oxygen atoms in total. The van der Waals surface area contributed by atoms with Crippen molar-refractivity contribution in [2.24, 2.45) is 0 Å². The van der Waals surface area contributed by atoms with Gasteiger partial charge in [-0.25, -0.2) is 4.79 Å². The highest BCUT2D eigenvalue weighted by Gasteiger charge is 1.94. The maximum atomic E-state index is 10.6. The molecule has 1 rings (SSSR count). The van der Waals surface area contributed by atoms with Crippen molar-refractivity contribution in [3.63, 3.8) is 0 Å². The van der Waals surface area contributed by atoms with Gasteiger partial charge >= 0.3 is 5.76 Å². The molecule has 0 bridgehead atoms. The zero-order chi connectivity index (χ0) is 6.85. The number of nitrogens with zero attached hydrogens (tertiary/aromatic N) is 1. The van der Waals surface area contributed by atoms with Crippen LogP contribution in [0, 0.1) is 6.92 Å². The summed E-state index contributed by atoms with van der Waals surface area (Å²) in [7, 11) is 0. The topological polar surface area (TPSA) is 35.1 Å². The van der Waals surface area contributed by atoms with Crippen molar-refractivity contribution in [2.45, 2.75) is 6.92 Å². The normalized spacial score (nSPS) is 9.44. The molecule has 1 aromatic heterocycles. The predicted octanol–water partition coefficient (Wildman–Crippen LogP) is 0.850. The molecule has 0 fully saturated rings. The van der Waals surface area contributed by atoms with Gasteiger partial charge in [-0.3, -0.25) is 4.57 Å². The molecule has 3 heteroatoms. The molecule has 0 saturated heterocycles. The van der Waals surface area contributed by atoms with E-state index in [1.165, 1.54) is 10.8 Å². The van der Waals surface area contributed by atoms with E-state index in [1.807, 2.05) is 0 Å². The molecule has 0 spiro atoms. The van der Waals surface area contributed by atoms with Crippen LogP contribution in [-0.4, -0.2) is 4.57 Å². The Kier molecular flexibility index (Phi) is 1.26. The van der Waals surface area contributed by atoms with Crippen LogP contribution < -0.4 is 5.76 Å². The largest absolute Gasteiger partial charge is 0.423 e. The molecule has 0 aliphatic carbocycles. The maximum Gasteiger partial charge on any atom is 0.423 e. The SMILES string of the molecule is C=Cn1cc(C)oc1=O. The maximum absolute atomic E-state index is 10.6. The number of oxazole rings is 1. The van der Waals surface area contributed by atoms with E-state index in [-0.39, 0.29) is 5.76 Å². The monoisotopic (exact) mass is 125 g/mol. The standard InChI is InChI=1S/C6H7NO2/c1-3-7-4-5(2)9-6(7)8/h3-4H,1H2,2H3. The minimum Gasteiger partial charge on any atom is -0.413 e. The summed E-state index contributed by atoms with van der Waals surface area (Å²) in [5.41, 5.74) is 0. The molecule has 48 valence electrons. The van der Waals surface area contributed by atoms with Crippen LogP contribution in [-0.2, 0) is 0 Å². The van der Waals surface area contributed by atoms with Crippen LogP contribution >= 0.6 is 0 Å². The molecule has 0 aliphatic heterocycles. The first kappa shape index (κ1) is 5.88. The molecule has 0 saturated carbocycles. The third-order valence-electron chi connectivity index (χ3n) is 0.977. The molecule has 0 unspecified atom stereocenters. The molecule has 0 N–H and O–H groups in total. The van der Waals surface area contributed by atoms with E-state index in [0.29, 0.717) is 5.76 Å². The average molecular weight is 125 g/mol. The zero-order valence-corrected chi connectivity index (χ0v) is 5.13. The third-order valence-corrected chi connectivity index (χ3v) is 0.977. The van der Waals surface area contributed by atoms with E-state index >= 15 is 0 Å². The summed E-state index contributed by atoms with van der Waals surface area (Å²) in [5, 5.41) is 0. The smallest absolute Gasteiger partial charge is 0.413 e. The molecule has 9 heavy (non-hydrogen) atoms. The second kappa shape index (κ2) is 1.93. The van der Waals surface area contributed by atoms with Gasteiger partial charge in [0.15, 0.2) is 0 Å². The van der Waals surface area contributed by atoms with Crippen LogP contribution in [0.5, 0.6) is 0 Å². The molecular weight excluding hydrogens is 118 g/mol. The predicted molar refractivity (Wildman–Crippen MR) is 34.1 cm³/mol. The number of hydrogen-bond donors (Lipinski definition) is 0. The highest BCUT2D eigenvalue weighted by Crippen LogP contribution is 1.90. The van der Waals surface area contributed by atoms with Crippen molar-refractivity contribution >= 4 is 6.20 Å². The van der Waals surface area contributed by atoms with Crippen LogP contribution in [0.3, 0.4) is 0 Å². The van der Waals surface area contributed by atoms with E-state index in [0.717, 1.165) is 0 Å². The van der Waals surface area contributed by atoms with Crippen LogP contribution in [0.1, 0.15) is 5.76 Å². The Hall–Kier alpha value is -1.25. The third kappa shape index (κ3) is 0.937. The molecule has 0 aliphatic rings. The van der Waals surface area contributed by atoms with Crippen molar-refractivity contribution < 1.29 is 4.42 Å². The van der Waals surface area contributed by atoms with Gasteiger partial charge < -0.3 is 4.42 Å². The molecular formula is C6H7NO2. The first-order valence-corrected chi connectivity index (χ1v) is 2.55. The van der Waals surface area contributed by atoms with Gasteiger partial charge in [-0.05, 0) is 6.92 Å². The van der Waals surface area contributed by atoms with Gasteiger partial charge in [0.25, 0.3) is 0 Å². The van der Waals surface area contributed by atoms with Crippen LogP contribution in [0.15, 0.2) is 22.0 Å². The van der Waals surface area contributed by atoms with Gasteiger partial charge in [0.05, 0.1) is 6.20 Å². The minimum atomic E-state index is -0.387. The zero-order valence-electron chi connectivity index (χ0n) is 5.13. The summed E-state index contributed by atoms with van der Waals surface area (Å²) in [6.07, 6.45) is 2.98. The Morgan fingerprint density at radius 3 is 2.78 bits per heavy atom. The number of aromatic nitrogens is 1. The quantitative estimate of drug-likeness (QED) is 0.557. The number of rotatable bonds is 1. The molecule has 0 radical (unpaired) electrons.